The van der Waals surface area contributed by atoms with Gasteiger partial charge in [-0.1, -0.05) is 6.07 Å². The molecule has 0 aliphatic heterocycles. The molecule has 0 saturated heterocycles. The molecule has 1 aliphatic rings. The van der Waals surface area contributed by atoms with Crippen LogP contribution in [0.1, 0.15) is 39.7 Å². The summed E-state index contributed by atoms with van der Waals surface area (Å²) in [6.07, 6.45) is 6.48. The van der Waals surface area contributed by atoms with Crippen LogP contribution in [0.3, 0.4) is 0 Å². The first-order chi connectivity index (χ1) is 12.3. The summed E-state index contributed by atoms with van der Waals surface area (Å²) < 4.78 is 5.65. The van der Waals surface area contributed by atoms with Crippen LogP contribution in [0.5, 0.6) is 5.75 Å². The molecule has 1 aliphatic carbocycles. The first-order valence-electron chi connectivity index (χ1n) is 8.66. The summed E-state index contributed by atoms with van der Waals surface area (Å²) in [6, 6.07) is 6.99. The van der Waals surface area contributed by atoms with Crippen LogP contribution >= 0.6 is 22.7 Å². The minimum absolute atomic E-state index is 0.229. The van der Waals surface area contributed by atoms with Crippen LogP contribution in [0.15, 0.2) is 40.5 Å². The molecule has 0 radical (unpaired) electrons. The zero-order valence-corrected chi connectivity index (χ0v) is 16.0. The molecule has 3 nitrogen and oxygen atoms in total. The predicted molar refractivity (Wildman–Crippen MR) is 105 cm³/mol. The summed E-state index contributed by atoms with van der Waals surface area (Å²) in [5, 5.41) is 11.3. The fourth-order valence-corrected chi connectivity index (χ4v) is 4.91. The third kappa shape index (κ3) is 3.78. The molecule has 0 saturated carbocycles. The summed E-state index contributed by atoms with van der Waals surface area (Å²) in [5.41, 5.74) is 5.55. The largest absolute Gasteiger partial charge is 0.496 e. The molecule has 25 heavy (non-hydrogen) atoms. The highest BCUT2D eigenvalue weighted by Crippen LogP contribution is 2.30. The van der Waals surface area contributed by atoms with Crippen LogP contribution in [0.4, 0.5) is 0 Å². The van der Waals surface area contributed by atoms with Crippen molar-refractivity contribution >= 4 is 22.7 Å². The molecule has 4 rings (SSSR count). The lowest BCUT2D eigenvalue weighted by Crippen LogP contribution is -2.23. The maximum absolute atomic E-state index is 5.65. The van der Waals surface area contributed by atoms with E-state index in [1.165, 1.54) is 41.5 Å². The normalized spacial score (nSPS) is 14.4. The van der Waals surface area contributed by atoms with Gasteiger partial charge in [0.1, 0.15) is 10.8 Å². The first-order valence-corrected chi connectivity index (χ1v) is 10.5. The SMILES string of the molecule is COc1cc2c(cc1CN[C@@H](Cc1ccsc1)c1nccs1)CCC2. The summed E-state index contributed by atoms with van der Waals surface area (Å²) in [5.74, 6) is 1.00. The van der Waals surface area contributed by atoms with Crippen LogP contribution in [0, 0.1) is 0 Å². The Morgan fingerprint density at radius 1 is 1.24 bits per heavy atom. The van der Waals surface area contributed by atoms with E-state index < -0.39 is 0 Å². The first kappa shape index (κ1) is 16.8. The van der Waals surface area contributed by atoms with E-state index in [4.69, 9.17) is 4.74 Å². The molecule has 2 aromatic heterocycles. The number of thiazole rings is 1. The van der Waals surface area contributed by atoms with Gasteiger partial charge in [0.25, 0.3) is 0 Å². The number of thiophene rings is 1. The minimum Gasteiger partial charge on any atom is -0.496 e. The van der Waals surface area contributed by atoms with E-state index in [-0.39, 0.29) is 6.04 Å². The number of aryl methyl sites for hydroxylation is 2. The van der Waals surface area contributed by atoms with Gasteiger partial charge < -0.3 is 10.1 Å². The maximum atomic E-state index is 5.65. The Bertz CT molecular complexity index is 813. The molecule has 1 N–H and O–H groups in total. The Balaban J connectivity index is 1.53. The second kappa shape index (κ2) is 7.68. The number of ether oxygens (including phenoxy) is 1. The van der Waals surface area contributed by atoms with E-state index in [2.05, 4.69) is 39.3 Å². The van der Waals surface area contributed by atoms with Gasteiger partial charge in [0, 0.05) is 23.7 Å². The Morgan fingerprint density at radius 2 is 2.12 bits per heavy atom. The van der Waals surface area contributed by atoms with Gasteiger partial charge in [0.05, 0.1) is 13.2 Å². The smallest absolute Gasteiger partial charge is 0.123 e. The Hall–Kier alpha value is -1.69. The van der Waals surface area contributed by atoms with E-state index in [1.54, 1.807) is 29.8 Å². The highest BCUT2D eigenvalue weighted by molar-refractivity contribution is 7.09. The molecule has 1 aromatic carbocycles. The van der Waals surface area contributed by atoms with Crippen molar-refractivity contribution in [1.82, 2.24) is 10.3 Å². The van der Waals surface area contributed by atoms with Crippen molar-refractivity contribution in [2.45, 2.75) is 38.3 Å². The number of fused-ring (bicyclic) bond motifs is 1. The zero-order chi connectivity index (χ0) is 17.1. The summed E-state index contributed by atoms with van der Waals surface area (Å²) >= 11 is 3.46. The van der Waals surface area contributed by atoms with E-state index in [0.717, 1.165) is 23.7 Å². The van der Waals surface area contributed by atoms with Crippen molar-refractivity contribution in [3.63, 3.8) is 0 Å². The Labute approximate surface area is 156 Å². The van der Waals surface area contributed by atoms with Gasteiger partial charge in [0.15, 0.2) is 0 Å². The highest BCUT2D eigenvalue weighted by Gasteiger charge is 2.18. The molecule has 0 amide bonds. The van der Waals surface area contributed by atoms with Gasteiger partial charge in [-0.05, 0) is 65.3 Å². The standard InChI is InChI=1S/C20H22N2OS2/c1-23-19-11-16-4-2-3-15(16)10-17(19)12-22-18(20-21-6-8-25-20)9-14-5-7-24-13-14/h5-8,10-11,13,18,22H,2-4,9,12H2,1H3/t18-/m0/s1. The molecule has 0 fully saturated rings. The number of hydrogen-bond donors (Lipinski definition) is 1. The number of nitrogens with zero attached hydrogens (tertiary/aromatic N) is 1. The molecule has 1 atom stereocenters. The third-order valence-corrected chi connectivity index (χ3v) is 6.42. The van der Waals surface area contributed by atoms with Crippen molar-refractivity contribution in [1.29, 1.82) is 0 Å². The lowest BCUT2D eigenvalue weighted by molar-refractivity contribution is 0.404. The highest BCUT2D eigenvalue weighted by atomic mass is 32.1. The van der Waals surface area contributed by atoms with Gasteiger partial charge in [-0.25, -0.2) is 4.98 Å². The van der Waals surface area contributed by atoms with E-state index in [1.807, 2.05) is 11.6 Å². The van der Waals surface area contributed by atoms with Gasteiger partial charge in [0.2, 0.25) is 0 Å². The van der Waals surface area contributed by atoms with Gasteiger partial charge in [-0.3, -0.25) is 0 Å². The Kier molecular flexibility index (Phi) is 5.15. The van der Waals surface area contributed by atoms with Crippen molar-refractivity contribution in [3.05, 3.63) is 67.8 Å². The second-order valence-corrected chi connectivity index (χ2v) is 8.13. The van der Waals surface area contributed by atoms with Crippen LogP contribution in [-0.4, -0.2) is 12.1 Å². The lowest BCUT2D eigenvalue weighted by Gasteiger charge is -2.18. The lowest BCUT2D eigenvalue weighted by atomic mass is 10.0. The minimum atomic E-state index is 0.229. The van der Waals surface area contributed by atoms with Crippen LogP contribution in [0.25, 0.3) is 0 Å². The molecule has 3 aromatic rings. The van der Waals surface area contributed by atoms with Crippen molar-refractivity contribution in [2.24, 2.45) is 0 Å². The summed E-state index contributed by atoms with van der Waals surface area (Å²) in [4.78, 5) is 4.54. The summed E-state index contributed by atoms with van der Waals surface area (Å²) in [7, 11) is 1.77. The molecular weight excluding hydrogens is 348 g/mol. The van der Waals surface area contributed by atoms with Crippen molar-refractivity contribution in [2.75, 3.05) is 7.11 Å². The van der Waals surface area contributed by atoms with E-state index in [0.29, 0.717) is 0 Å². The molecule has 2 heterocycles. The second-order valence-electron chi connectivity index (χ2n) is 6.43. The van der Waals surface area contributed by atoms with E-state index in [9.17, 15) is 0 Å². The van der Waals surface area contributed by atoms with Crippen LogP contribution < -0.4 is 10.1 Å². The fourth-order valence-electron chi connectivity index (χ4n) is 3.51. The molecular formula is C20H22N2OS2. The van der Waals surface area contributed by atoms with Gasteiger partial charge in [-0.2, -0.15) is 11.3 Å². The van der Waals surface area contributed by atoms with Gasteiger partial charge in [-0.15, -0.1) is 11.3 Å². The quantitative estimate of drug-likeness (QED) is 0.650. The van der Waals surface area contributed by atoms with Crippen molar-refractivity contribution in [3.8, 4) is 5.75 Å². The molecule has 0 unspecified atom stereocenters. The topological polar surface area (TPSA) is 34.1 Å². The molecule has 130 valence electrons. The third-order valence-electron chi connectivity index (χ3n) is 4.80. The van der Waals surface area contributed by atoms with E-state index >= 15 is 0 Å². The number of rotatable bonds is 7. The van der Waals surface area contributed by atoms with Crippen LogP contribution in [-0.2, 0) is 25.8 Å². The van der Waals surface area contributed by atoms with Crippen molar-refractivity contribution < 1.29 is 4.74 Å². The van der Waals surface area contributed by atoms with Gasteiger partial charge >= 0.3 is 0 Å². The molecule has 0 bridgehead atoms. The number of hydrogen-bond acceptors (Lipinski definition) is 5. The number of methoxy groups -OCH3 is 1. The number of nitrogens with one attached hydrogen (secondary N) is 1. The molecule has 0 spiro atoms. The average Bonchev–Trinajstić information content (AvgIpc) is 3.39. The average molecular weight is 371 g/mol. The summed E-state index contributed by atoms with van der Waals surface area (Å²) in [6.45, 7) is 0.796. The Morgan fingerprint density at radius 3 is 2.84 bits per heavy atom. The van der Waals surface area contributed by atoms with Crippen LogP contribution in [0.2, 0.25) is 0 Å². The monoisotopic (exact) mass is 370 g/mol. The number of benzene rings is 1. The predicted octanol–water partition coefficient (Wildman–Crippen LogP) is 4.78. The zero-order valence-electron chi connectivity index (χ0n) is 14.3. The maximum Gasteiger partial charge on any atom is 0.123 e. The number of aromatic nitrogens is 1. The molecule has 5 heteroatoms. The fraction of sp³-hybridized carbons (Fsp3) is 0.350.